The van der Waals surface area contributed by atoms with Crippen LogP contribution in [0.25, 0.3) is 0 Å². The molecule has 2 saturated heterocycles. The summed E-state index contributed by atoms with van der Waals surface area (Å²) >= 11 is 0. The molecule has 2 N–H and O–H groups in total. The number of sulfonamides is 1. The molecule has 12 heteroatoms. The van der Waals surface area contributed by atoms with Crippen molar-refractivity contribution in [3.8, 4) is 0 Å². The van der Waals surface area contributed by atoms with E-state index in [2.05, 4.69) is 10.6 Å². The smallest absolute Gasteiger partial charge is 0.317 e. The van der Waals surface area contributed by atoms with Crippen molar-refractivity contribution in [2.75, 3.05) is 76.6 Å². The van der Waals surface area contributed by atoms with E-state index in [9.17, 15) is 22.4 Å². The third-order valence-corrected chi connectivity index (χ3v) is 7.03. The zero-order chi connectivity index (χ0) is 22.3. The minimum atomic E-state index is -3.41. The van der Waals surface area contributed by atoms with E-state index in [-0.39, 0.29) is 36.6 Å². The van der Waals surface area contributed by atoms with Crippen LogP contribution in [-0.2, 0) is 19.6 Å². The second-order valence-electron chi connectivity index (χ2n) is 7.38. The molecule has 1 aromatic rings. The van der Waals surface area contributed by atoms with Crippen LogP contribution in [0.3, 0.4) is 0 Å². The van der Waals surface area contributed by atoms with Gasteiger partial charge in [-0.1, -0.05) is 0 Å². The topological polar surface area (TPSA) is 111 Å². The summed E-state index contributed by atoms with van der Waals surface area (Å²) in [7, 11) is -3.41. The first kappa shape index (κ1) is 23.4. The van der Waals surface area contributed by atoms with Gasteiger partial charge in [0, 0.05) is 51.5 Å². The number of anilines is 1. The van der Waals surface area contributed by atoms with Crippen molar-refractivity contribution in [3.63, 3.8) is 0 Å². The Hall–Kier alpha value is -2.28. The van der Waals surface area contributed by atoms with Gasteiger partial charge in [0.2, 0.25) is 15.9 Å². The molecule has 10 nitrogen and oxygen atoms in total. The Morgan fingerprint density at radius 1 is 1.00 bits per heavy atom. The minimum Gasteiger partial charge on any atom is -0.379 e. The van der Waals surface area contributed by atoms with Gasteiger partial charge in [-0.15, -0.1) is 0 Å². The molecule has 0 radical (unpaired) electrons. The molecule has 31 heavy (non-hydrogen) atoms. The number of hydrogen-bond acceptors (Lipinski definition) is 6. The lowest BCUT2D eigenvalue weighted by Crippen LogP contribution is -2.53. The van der Waals surface area contributed by atoms with E-state index in [0.29, 0.717) is 58.2 Å². The average Bonchev–Trinajstić information content (AvgIpc) is 2.76. The number of carbonyl (C=O) groups excluding carboxylic acids is 2. The Bertz CT molecular complexity index is 853. The molecule has 2 heterocycles. The maximum Gasteiger partial charge on any atom is 0.317 e. The zero-order valence-corrected chi connectivity index (χ0v) is 18.1. The molecular formula is C19H28FN5O5S. The number of benzene rings is 1. The first-order chi connectivity index (χ1) is 14.8. The standard InChI is InChI=1S/C19H28FN5O5S/c20-16-1-3-17(4-2-16)22-18(26)15-23-6-8-24(9-7-23)19(27)21-5-14-31(28,29)25-10-12-30-13-11-25/h1-4H,5-15H2,(H,21,27)(H,22,26). The third kappa shape index (κ3) is 7.13. The van der Waals surface area contributed by atoms with E-state index in [1.54, 1.807) is 4.90 Å². The highest BCUT2D eigenvalue weighted by molar-refractivity contribution is 7.89. The fraction of sp³-hybridized carbons (Fsp3) is 0.579. The van der Waals surface area contributed by atoms with Crippen molar-refractivity contribution in [2.45, 2.75) is 0 Å². The van der Waals surface area contributed by atoms with E-state index in [1.807, 2.05) is 4.90 Å². The highest BCUT2D eigenvalue weighted by Gasteiger charge is 2.25. The fourth-order valence-corrected chi connectivity index (χ4v) is 4.72. The van der Waals surface area contributed by atoms with E-state index >= 15 is 0 Å². The highest BCUT2D eigenvalue weighted by atomic mass is 32.2. The summed E-state index contributed by atoms with van der Waals surface area (Å²) in [5, 5.41) is 5.37. The predicted molar refractivity (Wildman–Crippen MR) is 113 cm³/mol. The number of morpholine rings is 1. The lowest BCUT2D eigenvalue weighted by molar-refractivity contribution is -0.117. The summed E-state index contributed by atoms with van der Waals surface area (Å²) in [4.78, 5) is 28.0. The number of ether oxygens (including phenoxy) is 1. The minimum absolute atomic E-state index is 0.0405. The van der Waals surface area contributed by atoms with Gasteiger partial charge < -0.3 is 20.3 Å². The maximum atomic E-state index is 12.9. The number of piperazine rings is 1. The van der Waals surface area contributed by atoms with Crippen molar-refractivity contribution in [3.05, 3.63) is 30.1 Å². The van der Waals surface area contributed by atoms with Gasteiger partial charge in [-0.05, 0) is 24.3 Å². The zero-order valence-electron chi connectivity index (χ0n) is 17.3. The largest absolute Gasteiger partial charge is 0.379 e. The van der Waals surface area contributed by atoms with Crippen molar-refractivity contribution < 1.29 is 27.1 Å². The van der Waals surface area contributed by atoms with Crippen molar-refractivity contribution in [2.24, 2.45) is 0 Å². The summed E-state index contributed by atoms with van der Waals surface area (Å²) in [5.41, 5.74) is 0.524. The molecule has 0 unspecified atom stereocenters. The second kappa shape index (κ2) is 10.8. The summed E-state index contributed by atoms with van der Waals surface area (Å²) in [6.07, 6.45) is 0. The lowest BCUT2D eigenvalue weighted by Gasteiger charge is -2.34. The summed E-state index contributed by atoms with van der Waals surface area (Å²) < 4.78 is 44.0. The van der Waals surface area contributed by atoms with Gasteiger partial charge in [-0.25, -0.2) is 17.6 Å². The predicted octanol–water partition coefficient (Wildman–Crippen LogP) is -0.247. The molecule has 0 aliphatic carbocycles. The number of halogens is 1. The summed E-state index contributed by atoms with van der Waals surface area (Å²) in [6.45, 7) is 3.59. The van der Waals surface area contributed by atoms with Crippen LogP contribution in [0.2, 0.25) is 0 Å². The van der Waals surface area contributed by atoms with Gasteiger partial charge in [-0.2, -0.15) is 4.31 Å². The quantitative estimate of drug-likeness (QED) is 0.584. The number of carbonyl (C=O) groups is 2. The molecule has 2 aliphatic rings. The Morgan fingerprint density at radius 3 is 2.29 bits per heavy atom. The van der Waals surface area contributed by atoms with Gasteiger partial charge in [0.15, 0.2) is 0 Å². The Morgan fingerprint density at radius 2 is 1.65 bits per heavy atom. The monoisotopic (exact) mass is 457 g/mol. The van der Waals surface area contributed by atoms with Crippen molar-refractivity contribution >= 4 is 27.6 Å². The van der Waals surface area contributed by atoms with Gasteiger partial charge in [0.1, 0.15) is 5.82 Å². The molecule has 3 amide bonds. The van der Waals surface area contributed by atoms with Gasteiger partial charge >= 0.3 is 6.03 Å². The van der Waals surface area contributed by atoms with Crippen LogP contribution < -0.4 is 10.6 Å². The second-order valence-corrected chi connectivity index (χ2v) is 9.47. The number of urea groups is 1. The number of nitrogens with zero attached hydrogens (tertiary/aromatic N) is 3. The average molecular weight is 458 g/mol. The van der Waals surface area contributed by atoms with Crippen molar-refractivity contribution in [1.82, 2.24) is 19.4 Å². The van der Waals surface area contributed by atoms with Crippen LogP contribution in [-0.4, -0.2) is 106 Å². The van der Waals surface area contributed by atoms with Gasteiger partial charge in [0.05, 0.1) is 25.5 Å². The summed E-state index contributed by atoms with van der Waals surface area (Å²) in [5.74, 6) is -0.730. The lowest BCUT2D eigenvalue weighted by atomic mass is 10.3. The number of rotatable bonds is 7. The molecule has 2 aliphatic heterocycles. The Labute approximate surface area is 181 Å². The number of hydrogen-bond donors (Lipinski definition) is 2. The maximum absolute atomic E-state index is 12.9. The van der Waals surface area contributed by atoms with E-state index in [4.69, 9.17) is 4.74 Å². The van der Waals surface area contributed by atoms with Crippen LogP contribution in [0.5, 0.6) is 0 Å². The van der Waals surface area contributed by atoms with Crippen LogP contribution in [0, 0.1) is 5.82 Å². The molecule has 2 fully saturated rings. The van der Waals surface area contributed by atoms with Gasteiger partial charge in [-0.3, -0.25) is 9.69 Å². The molecule has 0 aromatic heterocycles. The fourth-order valence-electron chi connectivity index (χ4n) is 3.40. The molecule has 0 atom stereocenters. The highest BCUT2D eigenvalue weighted by Crippen LogP contribution is 2.09. The Balaban J connectivity index is 1.34. The first-order valence-corrected chi connectivity index (χ1v) is 11.8. The summed E-state index contributed by atoms with van der Waals surface area (Å²) in [6, 6.07) is 5.23. The first-order valence-electron chi connectivity index (χ1n) is 10.2. The van der Waals surface area contributed by atoms with E-state index < -0.39 is 10.0 Å². The number of amides is 3. The van der Waals surface area contributed by atoms with E-state index in [0.717, 1.165) is 0 Å². The molecule has 1 aromatic carbocycles. The Kier molecular flexibility index (Phi) is 8.18. The molecular weight excluding hydrogens is 429 g/mol. The van der Waals surface area contributed by atoms with Crippen LogP contribution in [0.4, 0.5) is 14.9 Å². The van der Waals surface area contributed by atoms with Crippen LogP contribution >= 0.6 is 0 Å². The molecule has 3 rings (SSSR count). The molecule has 172 valence electrons. The van der Waals surface area contributed by atoms with Gasteiger partial charge in [0.25, 0.3) is 0 Å². The normalized spacial score (nSPS) is 18.5. The van der Waals surface area contributed by atoms with Crippen molar-refractivity contribution in [1.29, 1.82) is 0 Å². The molecule has 0 saturated carbocycles. The molecule has 0 spiro atoms. The SMILES string of the molecule is O=C(CN1CCN(C(=O)NCCS(=O)(=O)N2CCOCC2)CC1)Nc1ccc(F)cc1. The number of nitrogens with one attached hydrogen (secondary N) is 2. The molecule has 0 bridgehead atoms. The van der Waals surface area contributed by atoms with E-state index in [1.165, 1.54) is 28.6 Å². The van der Waals surface area contributed by atoms with Crippen LogP contribution in [0.15, 0.2) is 24.3 Å². The third-order valence-electron chi connectivity index (χ3n) is 5.15. The van der Waals surface area contributed by atoms with Crippen LogP contribution in [0.1, 0.15) is 0 Å².